The molecule has 10 nitrogen and oxygen atoms in total. The Morgan fingerprint density at radius 2 is 1.49 bits per heavy atom. The van der Waals surface area contributed by atoms with Crippen LogP contribution >= 0.6 is 12.6 Å². The van der Waals surface area contributed by atoms with E-state index in [-0.39, 0.29) is 18.6 Å². The Hall–Kier alpha value is -3.83. The fourth-order valence-electron chi connectivity index (χ4n) is 3.80. The van der Waals surface area contributed by atoms with Crippen molar-refractivity contribution in [1.29, 1.82) is 0 Å². The number of hydrogen-bond acceptors (Lipinski definition) is 6. The molecule has 0 saturated heterocycles. The van der Waals surface area contributed by atoms with E-state index in [0.29, 0.717) is 0 Å². The highest BCUT2D eigenvalue weighted by molar-refractivity contribution is 7.80. The third-order valence-corrected chi connectivity index (χ3v) is 6.30. The van der Waals surface area contributed by atoms with Gasteiger partial charge in [0, 0.05) is 35.7 Å². The fourth-order valence-corrected chi connectivity index (χ4v) is 3.96. The number of nitrogens with one attached hydrogen (secondary N) is 4. The van der Waals surface area contributed by atoms with Crippen LogP contribution < -0.4 is 21.7 Å². The molecule has 0 spiro atoms. The van der Waals surface area contributed by atoms with Crippen LogP contribution in [0.1, 0.15) is 18.1 Å². The largest absolute Gasteiger partial charge is 0.480 e. The van der Waals surface area contributed by atoms with Crippen molar-refractivity contribution in [3.05, 3.63) is 71.9 Å². The van der Waals surface area contributed by atoms with Crippen LogP contribution in [0.15, 0.2) is 60.8 Å². The molecule has 4 atom stereocenters. The molecule has 196 valence electrons. The zero-order valence-corrected chi connectivity index (χ0v) is 21.2. The zero-order valence-electron chi connectivity index (χ0n) is 20.3. The predicted octanol–water partition coefficient (Wildman–Crippen LogP) is 0.769. The molecule has 2 aromatic carbocycles. The van der Waals surface area contributed by atoms with E-state index in [9.17, 15) is 24.3 Å². The lowest BCUT2D eigenvalue weighted by Crippen LogP contribution is -2.58. The maximum absolute atomic E-state index is 13.5. The Balaban J connectivity index is 1.86. The van der Waals surface area contributed by atoms with E-state index in [1.54, 1.807) is 30.5 Å². The van der Waals surface area contributed by atoms with Crippen molar-refractivity contribution >= 4 is 47.2 Å². The van der Waals surface area contributed by atoms with Crippen LogP contribution in [0.25, 0.3) is 10.9 Å². The lowest BCUT2D eigenvalue weighted by Gasteiger charge is -2.25. The topological polar surface area (TPSA) is 166 Å². The van der Waals surface area contributed by atoms with Crippen molar-refractivity contribution in [2.75, 3.05) is 5.75 Å². The molecular weight excluding hydrogens is 494 g/mol. The summed E-state index contributed by atoms with van der Waals surface area (Å²) in [6.45, 7) is 1.33. The van der Waals surface area contributed by atoms with E-state index in [2.05, 4.69) is 33.6 Å². The smallest absolute Gasteiger partial charge is 0.325 e. The molecule has 0 fully saturated rings. The summed E-state index contributed by atoms with van der Waals surface area (Å²) in [7, 11) is 0. The molecule has 0 bridgehead atoms. The first-order valence-electron chi connectivity index (χ1n) is 11.8. The molecule has 4 unspecified atom stereocenters. The number of H-pyrrole nitrogens is 1. The standard InChI is InChI=1S/C26H31N5O5S/c1-15(26(35)36)29-24(33)21(11-16-7-3-2-4-8-16)31-25(34)22(30-23(32)19(27)14-37)12-17-13-28-20-10-6-5-9-18(17)20/h2-10,13,15,19,21-22,28,37H,11-12,14,27H2,1H3,(H,29,33)(H,30,32)(H,31,34)(H,35,36). The maximum atomic E-state index is 13.5. The Morgan fingerprint density at radius 3 is 2.16 bits per heavy atom. The number of carboxylic acids is 1. The molecule has 1 aromatic heterocycles. The third-order valence-electron chi connectivity index (χ3n) is 5.91. The molecule has 0 saturated carbocycles. The maximum Gasteiger partial charge on any atom is 0.325 e. The van der Waals surface area contributed by atoms with Crippen molar-refractivity contribution in [2.45, 2.75) is 43.9 Å². The highest BCUT2D eigenvalue weighted by Gasteiger charge is 2.30. The van der Waals surface area contributed by atoms with Crippen LogP contribution in [0.5, 0.6) is 0 Å². The number of nitrogens with two attached hydrogens (primary N) is 1. The van der Waals surface area contributed by atoms with Gasteiger partial charge < -0.3 is 31.8 Å². The average molecular weight is 526 g/mol. The highest BCUT2D eigenvalue weighted by atomic mass is 32.1. The first kappa shape index (κ1) is 27.8. The van der Waals surface area contributed by atoms with E-state index >= 15 is 0 Å². The van der Waals surface area contributed by atoms with Gasteiger partial charge in [0.05, 0.1) is 6.04 Å². The molecular formula is C26H31N5O5S. The second kappa shape index (κ2) is 12.9. The van der Waals surface area contributed by atoms with Crippen molar-refractivity contribution in [2.24, 2.45) is 5.73 Å². The minimum Gasteiger partial charge on any atom is -0.480 e. The van der Waals surface area contributed by atoms with Gasteiger partial charge in [-0.3, -0.25) is 19.2 Å². The fraction of sp³-hybridized carbons (Fsp3) is 0.308. The number of rotatable bonds is 12. The quantitative estimate of drug-likeness (QED) is 0.173. The van der Waals surface area contributed by atoms with Gasteiger partial charge in [0.1, 0.15) is 18.1 Å². The molecule has 3 rings (SSSR count). The van der Waals surface area contributed by atoms with Gasteiger partial charge in [-0.1, -0.05) is 48.5 Å². The van der Waals surface area contributed by atoms with Crippen LogP contribution in [0.4, 0.5) is 0 Å². The van der Waals surface area contributed by atoms with Crippen molar-refractivity contribution in [3.8, 4) is 0 Å². The number of aliphatic carboxylic acids is 1. The van der Waals surface area contributed by atoms with E-state index in [0.717, 1.165) is 22.0 Å². The summed E-state index contributed by atoms with van der Waals surface area (Å²) in [5.41, 5.74) is 8.25. The molecule has 0 aliphatic heterocycles. The highest BCUT2D eigenvalue weighted by Crippen LogP contribution is 2.19. The molecule has 7 N–H and O–H groups in total. The number of aromatic nitrogens is 1. The number of carbonyl (C=O) groups is 4. The summed E-state index contributed by atoms with van der Waals surface area (Å²) in [5.74, 6) is -2.94. The van der Waals surface area contributed by atoms with Crippen LogP contribution in [0, 0.1) is 0 Å². The normalized spacial score (nSPS) is 14.2. The van der Waals surface area contributed by atoms with Crippen LogP contribution in [-0.2, 0) is 32.0 Å². The van der Waals surface area contributed by atoms with Crippen LogP contribution in [0.2, 0.25) is 0 Å². The molecule has 0 aliphatic carbocycles. The summed E-state index contributed by atoms with van der Waals surface area (Å²) < 4.78 is 0. The first-order chi connectivity index (χ1) is 17.7. The second-order valence-corrected chi connectivity index (χ2v) is 9.10. The van der Waals surface area contributed by atoms with Gasteiger partial charge in [0.25, 0.3) is 0 Å². The summed E-state index contributed by atoms with van der Waals surface area (Å²) in [4.78, 5) is 53.5. The Kier molecular flexibility index (Phi) is 9.70. The average Bonchev–Trinajstić information content (AvgIpc) is 3.30. The summed E-state index contributed by atoms with van der Waals surface area (Å²) in [6, 6.07) is 12.3. The lowest BCUT2D eigenvalue weighted by molar-refractivity contribution is -0.141. The van der Waals surface area contributed by atoms with Crippen molar-refractivity contribution in [3.63, 3.8) is 0 Å². The molecule has 37 heavy (non-hydrogen) atoms. The number of thiol groups is 1. The number of aromatic amines is 1. The SMILES string of the molecule is CC(NC(=O)C(Cc1ccccc1)NC(=O)C(Cc1c[nH]c2ccccc12)NC(=O)C(N)CS)C(=O)O. The zero-order chi connectivity index (χ0) is 26.9. The third kappa shape index (κ3) is 7.58. The molecule has 0 radical (unpaired) electrons. The Labute approximate surface area is 219 Å². The minimum atomic E-state index is -1.21. The first-order valence-corrected chi connectivity index (χ1v) is 12.4. The number of carbonyl (C=O) groups excluding carboxylic acids is 3. The van der Waals surface area contributed by atoms with E-state index in [1.807, 2.05) is 30.3 Å². The number of amides is 3. The molecule has 3 aromatic rings. The number of fused-ring (bicyclic) bond motifs is 1. The number of para-hydroxylation sites is 1. The van der Waals surface area contributed by atoms with Gasteiger partial charge in [0.15, 0.2) is 0 Å². The van der Waals surface area contributed by atoms with Crippen molar-refractivity contribution < 1.29 is 24.3 Å². The molecule has 0 aliphatic rings. The van der Waals surface area contributed by atoms with Crippen LogP contribution in [0.3, 0.4) is 0 Å². The number of hydrogen-bond donors (Lipinski definition) is 7. The molecule has 1 heterocycles. The molecule has 11 heteroatoms. The van der Waals surface area contributed by atoms with E-state index in [1.165, 1.54) is 6.92 Å². The minimum absolute atomic E-state index is 0.0827. The Morgan fingerprint density at radius 1 is 0.892 bits per heavy atom. The van der Waals surface area contributed by atoms with Gasteiger partial charge in [-0.05, 0) is 24.1 Å². The summed E-state index contributed by atoms with van der Waals surface area (Å²) in [5, 5.41) is 17.9. The Bertz CT molecular complexity index is 1250. The predicted molar refractivity (Wildman–Crippen MR) is 143 cm³/mol. The lowest BCUT2D eigenvalue weighted by atomic mass is 10.0. The second-order valence-electron chi connectivity index (χ2n) is 8.73. The van der Waals surface area contributed by atoms with Gasteiger partial charge in [-0.15, -0.1) is 0 Å². The number of carboxylic acid groups (broad SMARTS) is 1. The van der Waals surface area contributed by atoms with Gasteiger partial charge in [0.2, 0.25) is 17.7 Å². The van der Waals surface area contributed by atoms with Gasteiger partial charge in [-0.2, -0.15) is 12.6 Å². The van der Waals surface area contributed by atoms with Crippen molar-refractivity contribution in [1.82, 2.24) is 20.9 Å². The van der Waals surface area contributed by atoms with Gasteiger partial charge >= 0.3 is 5.97 Å². The van der Waals surface area contributed by atoms with E-state index in [4.69, 9.17) is 5.73 Å². The van der Waals surface area contributed by atoms with E-state index < -0.39 is 47.9 Å². The summed E-state index contributed by atoms with van der Waals surface area (Å²) >= 11 is 4.06. The molecule has 3 amide bonds. The monoisotopic (exact) mass is 525 g/mol. The number of benzene rings is 2. The summed E-state index contributed by atoms with van der Waals surface area (Å²) in [6.07, 6.45) is 2.01. The van der Waals surface area contributed by atoms with Gasteiger partial charge in [-0.25, -0.2) is 0 Å². The van der Waals surface area contributed by atoms with Crippen LogP contribution in [-0.4, -0.2) is 63.7 Å².